The van der Waals surface area contributed by atoms with Crippen LogP contribution in [0.15, 0.2) is 18.2 Å². The molecular formula is C16H23Cl3N2O3. The molecule has 0 aliphatic carbocycles. The average molecular weight is 398 g/mol. The van der Waals surface area contributed by atoms with E-state index in [1.54, 1.807) is 12.1 Å². The predicted octanol–water partition coefficient (Wildman–Crippen LogP) is 4.08. The molecule has 0 bridgehead atoms. The van der Waals surface area contributed by atoms with E-state index in [0.717, 1.165) is 12.1 Å². The van der Waals surface area contributed by atoms with Gasteiger partial charge < -0.3 is 20.1 Å². The summed E-state index contributed by atoms with van der Waals surface area (Å²) in [5, 5.41) is 13.7. The van der Waals surface area contributed by atoms with E-state index in [-0.39, 0.29) is 30.5 Å². The van der Waals surface area contributed by atoms with Crippen molar-refractivity contribution < 1.29 is 14.6 Å². The van der Waals surface area contributed by atoms with Crippen LogP contribution in [0.25, 0.3) is 0 Å². The highest BCUT2D eigenvalue weighted by Gasteiger charge is 2.30. The zero-order chi connectivity index (χ0) is 17.0. The van der Waals surface area contributed by atoms with Gasteiger partial charge in [0.15, 0.2) is 0 Å². The largest absolute Gasteiger partial charge is 0.465 e. The summed E-state index contributed by atoms with van der Waals surface area (Å²) in [6.45, 7) is 6.12. The minimum atomic E-state index is -0.919. The van der Waals surface area contributed by atoms with Gasteiger partial charge in [0.2, 0.25) is 0 Å². The highest BCUT2D eigenvalue weighted by Crippen LogP contribution is 2.32. The Hall–Kier alpha value is -0.720. The first kappa shape index (κ1) is 21.3. The summed E-state index contributed by atoms with van der Waals surface area (Å²) in [4.78, 5) is 12.9. The zero-order valence-corrected chi connectivity index (χ0v) is 16.0. The van der Waals surface area contributed by atoms with E-state index < -0.39 is 6.09 Å². The van der Waals surface area contributed by atoms with Gasteiger partial charge in [-0.3, -0.25) is 0 Å². The molecule has 1 aliphatic rings. The number of carbonyl (C=O) groups is 1. The number of hydrogen-bond donors (Lipinski definition) is 2. The molecule has 136 valence electrons. The number of ether oxygens (including phenoxy) is 1. The lowest BCUT2D eigenvalue weighted by Gasteiger charge is -2.32. The number of amides is 1. The Kier molecular flexibility index (Phi) is 8.60. The number of hydrogen-bond acceptors (Lipinski definition) is 3. The van der Waals surface area contributed by atoms with Crippen LogP contribution in [0.2, 0.25) is 10.0 Å². The fourth-order valence-corrected chi connectivity index (χ4v) is 3.08. The second-order valence-electron chi connectivity index (χ2n) is 5.96. The summed E-state index contributed by atoms with van der Waals surface area (Å²) in [5.41, 5.74) is 0.919. The molecule has 0 unspecified atom stereocenters. The molecule has 1 saturated heterocycles. The smallest absolute Gasteiger partial charge is 0.407 e. The predicted molar refractivity (Wildman–Crippen MR) is 98.6 cm³/mol. The summed E-state index contributed by atoms with van der Waals surface area (Å²) in [7, 11) is 0. The fourth-order valence-electron chi connectivity index (χ4n) is 2.77. The van der Waals surface area contributed by atoms with Crippen molar-refractivity contribution in [1.82, 2.24) is 10.2 Å². The minimum absolute atomic E-state index is 0. The molecule has 2 atom stereocenters. The Bertz CT molecular complexity index is 557. The average Bonchev–Trinajstić information content (AvgIpc) is 2.72. The zero-order valence-electron chi connectivity index (χ0n) is 13.7. The molecule has 0 aromatic heterocycles. The van der Waals surface area contributed by atoms with E-state index in [2.05, 4.69) is 5.32 Å². The first-order valence-electron chi connectivity index (χ1n) is 7.67. The first-order valence-corrected chi connectivity index (χ1v) is 8.42. The third kappa shape index (κ3) is 5.39. The molecule has 1 aromatic rings. The van der Waals surface area contributed by atoms with Gasteiger partial charge in [0.25, 0.3) is 0 Å². The molecule has 24 heavy (non-hydrogen) atoms. The van der Waals surface area contributed by atoms with E-state index in [1.165, 1.54) is 4.90 Å². The molecule has 0 radical (unpaired) electrons. The maximum absolute atomic E-state index is 11.5. The number of nitrogens with zero attached hydrogens (tertiary/aromatic N) is 1. The standard InChI is InChI=1S/C16H22Cl2N2O3.ClH/c1-10(2)20(16(21)22)9-12-8-19-5-6-23-15(12)11-3-4-13(17)14(18)7-11;/h3-4,7,10,12,15,19H,5-6,8-9H2,1-2H3,(H,21,22);1H/t12-,15-;/m0./s1. The lowest BCUT2D eigenvalue weighted by Crippen LogP contribution is -2.43. The van der Waals surface area contributed by atoms with Crippen LogP contribution >= 0.6 is 35.6 Å². The molecule has 1 fully saturated rings. The molecule has 0 spiro atoms. The van der Waals surface area contributed by atoms with Crippen molar-refractivity contribution in [2.24, 2.45) is 5.92 Å². The molecule has 8 heteroatoms. The van der Waals surface area contributed by atoms with Crippen molar-refractivity contribution in [2.45, 2.75) is 26.0 Å². The maximum Gasteiger partial charge on any atom is 0.407 e. The summed E-state index contributed by atoms with van der Waals surface area (Å²) in [6.07, 6.45) is -1.14. The Balaban J connectivity index is 0.00000288. The minimum Gasteiger partial charge on any atom is -0.465 e. The van der Waals surface area contributed by atoms with Gasteiger partial charge in [0.05, 0.1) is 22.8 Å². The monoisotopic (exact) mass is 396 g/mol. The lowest BCUT2D eigenvalue weighted by molar-refractivity contribution is 0.0162. The Morgan fingerprint density at radius 1 is 1.42 bits per heavy atom. The summed E-state index contributed by atoms with van der Waals surface area (Å²) >= 11 is 12.1. The molecule has 1 amide bonds. The van der Waals surface area contributed by atoms with Gasteiger partial charge >= 0.3 is 6.09 Å². The van der Waals surface area contributed by atoms with Crippen LogP contribution in [0.3, 0.4) is 0 Å². The Morgan fingerprint density at radius 2 is 2.12 bits per heavy atom. The van der Waals surface area contributed by atoms with Gasteiger partial charge in [0, 0.05) is 31.6 Å². The van der Waals surface area contributed by atoms with E-state index in [0.29, 0.717) is 29.7 Å². The van der Waals surface area contributed by atoms with E-state index in [9.17, 15) is 9.90 Å². The van der Waals surface area contributed by atoms with Crippen molar-refractivity contribution in [3.8, 4) is 0 Å². The highest BCUT2D eigenvalue weighted by atomic mass is 35.5. The van der Waals surface area contributed by atoms with Crippen molar-refractivity contribution >= 4 is 41.7 Å². The maximum atomic E-state index is 11.5. The summed E-state index contributed by atoms with van der Waals surface area (Å²) < 4.78 is 5.97. The van der Waals surface area contributed by atoms with Gasteiger partial charge in [-0.25, -0.2) is 4.79 Å². The second-order valence-corrected chi connectivity index (χ2v) is 6.77. The topological polar surface area (TPSA) is 61.8 Å². The SMILES string of the molecule is CC(C)N(C[C@@H]1CNCCO[C@H]1c1ccc(Cl)c(Cl)c1)C(=O)O.Cl. The molecule has 2 N–H and O–H groups in total. The quantitative estimate of drug-likeness (QED) is 0.803. The van der Waals surface area contributed by atoms with Crippen LogP contribution in [0, 0.1) is 5.92 Å². The van der Waals surface area contributed by atoms with Crippen LogP contribution < -0.4 is 5.32 Å². The first-order chi connectivity index (χ1) is 10.9. The number of benzene rings is 1. The second kappa shape index (κ2) is 9.68. The normalized spacial score (nSPS) is 21.0. The number of carboxylic acid groups (broad SMARTS) is 1. The van der Waals surface area contributed by atoms with Crippen LogP contribution in [-0.2, 0) is 4.74 Å². The Labute approximate surface area is 158 Å². The third-order valence-electron chi connectivity index (χ3n) is 3.98. The van der Waals surface area contributed by atoms with Gasteiger partial charge in [0.1, 0.15) is 0 Å². The number of nitrogens with one attached hydrogen (secondary N) is 1. The molecule has 1 aliphatic heterocycles. The molecule has 2 rings (SSSR count). The van der Waals surface area contributed by atoms with Crippen molar-refractivity contribution in [3.05, 3.63) is 33.8 Å². The molecular weight excluding hydrogens is 375 g/mol. The van der Waals surface area contributed by atoms with Gasteiger partial charge in [-0.15, -0.1) is 12.4 Å². The van der Waals surface area contributed by atoms with E-state index >= 15 is 0 Å². The summed E-state index contributed by atoms with van der Waals surface area (Å²) in [5.74, 6) is -0.00626. The third-order valence-corrected chi connectivity index (χ3v) is 4.72. The van der Waals surface area contributed by atoms with Crippen LogP contribution in [0.5, 0.6) is 0 Å². The van der Waals surface area contributed by atoms with Crippen LogP contribution in [-0.4, -0.2) is 48.4 Å². The van der Waals surface area contributed by atoms with Crippen molar-refractivity contribution in [3.63, 3.8) is 0 Å². The van der Waals surface area contributed by atoms with Crippen LogP contribution in [0.1, 0.15) is 25.5 Å². The van der Waals surface area contributed by atoms with Gasteiger partial charge in [-0.05, 0) is 31.5 Å². The molecule has 1 heterocycles. The van der Waals surface area contributed by atoms with Crippen molar-refractivity contribution in [2.75, 3.05) is 26.2 Å². The van der Waals surface area contributed by atoms with E-state index in [1.807, 2.05) is 19.9 Å². The Morgan fingerprint density at radius 3 is 2.71 bits per heavy atom. The summed E-state index contributed by atoms with van der Waals surface area (Å²) in [6, 6.07) is 5.34. The molecule has 5 nitrogen and oxygen atoms in total. The number of rotatable bonds is 4. The van der Waals surface area contributed by atoms with Gasteiger partial charge in [-0.1, -0.05) is 29.3 Å². The lowest BCUT2D eigenvalue weighted by atomic mass is 9.94. The van der Waals surface area contributed by atoms with Crippen LogP contribution in [0.4, 0.5) is 4.79 Å². The number of halogens is 3. The molecule has 1 aromatic carbocycles. The van der Waals surface area contributed by atoms with Crippen molar-refractivity contribution in [1.29, 1.82) is 0 Å². The fraction of sp³-hybridized carbons (Fsp3) is 0.562. The molecule has 0 saturated carbocycles. The van der Waals surface area contributed by atoms with E-state index in [4.69, 9.17) is 27.9 Å². The van der Waals surface area contributed by atoms with Gasteiger partial charge in [-0.2, -0.15) is 0 Å². The highest BCUT2D eigenvalue weighted by molar-refractivity contribution is 6.42.